The first-order valence-corrected chi connectivity index (χ1v) is 7.72. The van der Waals surface area contributed by atoms with Crippen molar-refractivity contribution in [1.82, 2.24) is 15.2 Å². The molecule has 0 radical (unpaired) electrons. The third kappa shape index (κ3) is 4.14. The van der Waals surface area contributed by atoms with Crippen molar-refractivity contribution in [3.63, 3.8) is 0 Å². The van der Waals surface area contributed by atoms with Gasteiger partial charge in [0.05, 0.1) is 11.2 Å². The molecule has 8 heteroatoms. The monoisotopic (exact) mass is 393 g/mol. The molecule has 0 spiro atoms. The molecule has 0 unspecified atom stereocenters. The van der Waals surface area contributed by atoms with Gasteiger partial charge >= 0.3 is 0 Å². The summed E-state index contributed by atoms with van der Waals surface area (Å²) in [5, 5.41) is 13.9. The molecule has 1 heterocycles. The summed E-state index contributed by atoms with van der Waals surface area (Å²) in [6.45, 7) is 0. The van der Waals surface area contributed by atoms with Gasteiger partial charge in [0.25, 0.3) is 0 Å². The molecule has 1 aromatic heterocycles. The van der Waals surface area contributed by atoms with E-state index in [1.807, 2.05) is 24.3 Å². The summed E-state index contributed by atoms with van der Waals surface area (Å²) < 4.78 is 14.1. The normalized spacial score (nSPS) is 10.4. The first kappa shape index (κ1) is 15.6. The molecule has 0 atom stereocenters. The smallest absolute Gasteiger partial charge is 0.249 e. The summed E-state index contributed by atoms with van der Waals surface area (Å²) in [7, 11) is 0. The molecule has 0 saturated carbocycles. The maximum atomic E-state index is 13.2. The van der Waals surface area contributed by atoms with E-state index in [1.165, 1.54) is 18.3 Å². The molecule has 0 saturated heterocycles. The van der Waals surface area contributed by atoms with Gasteiger partial charge in [-0.2, -0.15) is 10.1 Å². The predicted octanol–water partition coefficient (Wildman–Crippen LogP) is 4.91. The second-order valence-electron chi connectivity index (χ2n) is 4.55. The Bertz CT molecular complexity index is 846. The first-order chi connectivity index (χ1) is 11.1. The molecule has 116 valence electrons. The van der Waals surface area contributed by atoms with Crippen LogP contribution < -0.4 is 10.6 Å². The van der Waals surface area contributed by atoms with E-state index in [2.05, 4.69) is 41.7 Å². The maximum Gasteiger partial charge on any atom is 0.249 e. The molecule has 0 bridgehead atoms. The van der Waals surface area contributed by atoms with Crippen molar-refractivity contribution < 1.29 is 4.39 Å². The SMILES string of the molecule is Fc1ccc(Nc2cnnc(Nc3cccc(Br)c3)n2)cc1Cl. The summed E-state index contributed by atoms with van der Waals surface area (Å²) in [6, 6.07) is 11.9. The lowest BCUT2D eigenvalue weighted by molar-refractivity contribution is 0.628. The molecule has 2 N–H and O–H groups in total. The van der Waals surface area contributed by atoms with Crippen molar-refractivity contribution in [3.8, 4) is 0 Å². The van der Waals surface area contributed by atoms with Gasteiger partial charge < -0.3 is 10.6 Å². The Labute approximate surface area is 145 Å². The number of nitrogens with zero attached hydrogens (tertiary/aromatic N) is 3. The molecule has 5 nitrogen and oxygen atoms in total. The van der Waals surface area contributed by atoms with E-state index in [1.54, 1.807) is 6.07 Å². The minimum absolute atomic E-state index is 0.0319. The van der Waals surface area contributed by atoms with Crippen molar-refractivity contribution in [2.75, 3.05) is 10.6 Å². The Hall–Kier alpha value is -2.25. The number of rotatable bonds is 4. The Kier molecular flexibility index (Phi) is 4.68. The number of aromatic nitrogens is 3. The van der Waals surface area contributed by atoms with Crippen LogP contribution in [-0.2, 0) is 0 Å². The lowest BCUT2D eigenvalue weighted by atomic mass is 10.3. The number of benzene rings is 2. The third-order valence-corrected chi connectivity index (χ3v) is 3.61. The van der Waals surface area contributed by atoms with Gasteiger partial charge in [-0.3, -0.25) is 0 Å². The number of nitrogens with one attached hydrogen (secondary N) is 2. The van der Waals surface area contributed by atoms with Gasteiger partial charge in [0, 0.05) is 15.8 Å². The van der Waals surface area contributed by atoms with E-state index < -0.39 is 5.82 Å². The minimum atomic E-state index is -0.477. The Morgan fingerprint density at radius 1 is 1.04 bits per heavy atom. The standard InChI is InChI=1S/C15H10BrClFN5/c16-9-2-1-3-10(6-9)21-15-22-14(8-19-23-15)20-11-4-5-13(18)12(17)7-11/h1-8H,(H2,20,21,22,23). The van der Waals surface area contributed by atoms with Gasteiger partial charge in [-0.05, 0) is 36.4 Å². The molecule has 0 aliphatic heterocycles. The highest BCUT2D eigenvalue weighted by molar-refractivity contribution is 9.10. The van der Waals surface area contributed by atoms with E-state index >= 15 is 0 Å². The van der Waals surface area contributed by atoms with Gasteiger partial charge in [-0.1, -0.05) is 33.6 Å². The molecule has 23 heavy (non-hydrogen) atoms. The fourth-order valence-corrected chi connectivity index (χ4v) is 2.41. The second kappa shape index (κ2) is 6.89. The van der Waals surface area contributed by atoms with Crippen molar-refractivity contribution in [2.45, 2.75) is 0 Å². The summed E-state index contributed by atoms with van der Waals surface area (Å²) in [4.78, 5) is 4.30. The van der Waals surface area contributed by atoms with Crippen LogP contribution in [0.3, 0.4) is 0 Å². The fourth-order valence-electron chi connectivity index (χ4n) is 1.83. The molecule has 0 amide bonds. The van der Waals surface area contributed by atoms with Crippen LogP contribution in [0.5, 0.6) is 0 Å². The summed E-state index contributed by atoms with van der Waals surface area (Å²) in [5.74, 6) is 0.316. The zero-order valence-electron chi connectivity index (χ0n) is 11.6. The number of halogens is 3. The van der Waals surface area contributed by atoms with E-state index in [0.717, 1.165) is 10.2 Å². The highest BCUT2D eigenvalue weighted by Crippen LogP contribution is 2.23. The Balaban J connectivity index is 1.78. The second-order valence-corrected chi connectivity index (χ2v) is 5.88. The lowest BCUT2D eigenvalue weighted by Gasteiger charge is -2.08. The third-order valence-electron chi connectivity index (χ3n) is 2.83. The Morgan fingerprint density at radius 2 is 1.87 bits per heavy atom. The van der Waals surface area contributed by atoms with Crippen molar-refractivity contribution in [3.05, 3.63) is 64.0 Å². The van der Waals surface area contributed by atoms with Crippen molar-refractivity contribution in [1.29, 1.82) is 0 Å². The van der Waals surface area contributed by atoms with Gasteiger partial charge in [0.1, 0.15) is 5.82 Å². The maximum absolute atomic E-state index is 13.2. The molecule has 2 aromatic carbocycles. The van der Waals surface area contributed by atoms with Crippen LogP contribution in [0.1, 0.15) is 0 Å². The summed E-state index contributed by atoms with van der Waals surface area (Å²) >= 11 is 9.15. The molecular weight excluding hydrogens is 385 g/mol. The fraction of sp³-hybridized carbons (Fsp3) is 0. The first-order valence-electron chi connectivity index (χ1n) is 6.54. The van der Waals surface area contributed by atoms with Crippen LogP contribution >= 0.6 is 27.5 Å². The van der Waals surface area contributed by atoms with Gasteiger partial charge in [0.15, 0.2) is 5.82 Å². The van der Waals surface area contributed by atoms with Crippen LogP contribution in [-0.4, -0.2) is 15.2 Å². The van der Waals surface area contributed by atoms with Gasteiger partial charge in [-0.15, -0.1) is 5.10 Å². The van der Waals surface area contributed by atoms with Crippen LogP contribution in [0.15, 0.2) is 53.1 Å². The van der Waals surface area contributed by atoms with Gasteiger partial charge in [0.2, 0.25) is 5.95 Å². The Morgan fingerprint density at radius 3 is 2.65 bits per heavy atom. The summed E-state index contributed by atoms with van der Waals surface area (Å²) in [5.41, 5.74) is 1.42. The van der Waals surface area contributed by atoms with E-state index in [4.69, 9.17) is 11.6 Å². The van der Waals surface area contributed by atoms with Crippen LogP contribution in [0.2, 0.25) is 5.02 Å². The zero-order chi connectivity index (χ0) is 16.2. The number of anilines is 4. The molecule has 3 rings (SSSR count). The zero-order valence-corrected chi connectivity index (χ0v) is 13.9. The minimum Gasteiger partial charge on any atom is -0.339 e. The average molecular weight is 395 g/mol. The molecular formula is C15H10BrClFN5. The van der Waals surface area contributed by atoms with Gasteiger partial charge in [-0.25, -0.2) is 4.39 Å². The average Bonchev–Trinajstić information content (AvgIpc) is 2.51. The van der Waals surface area contributed by atoms with Crippen molar-refractivity contribution >= 4 is 50.7 Å². The van der Waals surface area contributed by atoms with Crippen LogP contribution in [0.4, 0.5) is 27.5 Å². The predicted molar refractivity (Wildman–Crippen MR) is 91.9 cm³/mol. The van der Waals surface area contributed by atoms with Crippen LogP contribution in [0.25, 0.3) is 0 Å². The summed E-state index contributed by atoms with van der Waals surface area (Å²) in [6.07, 6.45) is 1.46. The number of hydrogen-bond acceptors (Lipinski definition) is 5. The molecule has 0 fully saturated rings. The topological polar surface area (TPSA) is 62.7 Å². The van der Waals surface area contributed by atoms with Crippen LogP contribution in [0, 0.1) is 5.82 Å². The highest BCUT2D eigenvalue weighted by atomic mass is 79.9. The quantitative estimate of drug-likeness (QED) is 0.658. The molecule has 0 aliphatic carbocycles. The number of hydrogen-bond donors (Lipinski definition) is 2. The van der Waals surface area contributed by atoms with E-state index in [0.29, 0.717) is 17.5 Å². The van der Waals surface area contributed by atoms with E-state index in [-0.39, 0.29) is 5.02 Å². The highest BCUT2D eigenvalue weighted by Gasteiger charge is 2.05. The molecule has 3 aromatic rings. The van der Waals surface area contributed by atoms with E-state index in [9.17, 15) is 4.39 Å². The largest absolute Gasteiger partial charge is 0.339 e. The lowest BCUT2D eigenvalue weighted by Crippen LogP contribution is -2.02. The molecule has 0 aliphatic rings. The van der Waals surface area contributed by atoms with Crippen molar-refractivity contribution in [2.24, 2.45) is 0 Å².